The molecule has 3 aromatic rings. The van der Waals surface area contributed by atoms with Crippen molar-refractivity contribution in [1.29, 1.82) is 0 Å². The smallest absolute Gasteiger partial charge is 0.416 e. The van der Waals surface area contributed by atoms with Gasteiger partial charge >= 0.3 is 12.1 Å². The summed E-state index contributed by atoms with van der Waals surface area (Å²) in [5, 5.41) is 7.37. The Labute approximate surface area is 179 Å². The van der Waals surface area contributed by atoms with E-state index in [9.17, 15) is 31.2 Å². The van der Waals surface area contributed by atoms with Gasteiger partial charge in [-0.05, 0) is 48.5 Å². The van der Waals surface area contributed by atoms with Crippen molar-refractivity contribution >= 4 is 27.6 Å². The minimum atomic E-state index is -4.53. The molecule has 1 amide bonds. The number of carbonyl (C=O) groups is 2. The summed E-state index contributed by atoms with van der Waals surface area (Å²) in [6.07, 6.45) is -4.53. The van der Waals surface area contributed by atoms with Crippen molar-refractivity contribution in [2.45, 2.75) is 11.1 Å². The van der Waals surface area contributed by atoms with E-state index < -0.39 is 40.2 Å². The topological polar surface area (TPSA) is 129 Å². The standard InChI is InChI=1S/C20H15F3N2O6S/c21-20(22,23)13-3-1-2-12(10-13)16-8-9-17(31-16)19(27)30-11-18(26)25-14-4-6-15(7-5-14)32(24,28)29/h1-10H,11H2,(H,25,26)(H2,24,28,29). The molecule has 1 aromatic heterocycles. The van der Waals surface area contributed by atoms with Crippen LogP contribution in [0.2, 0.25) is 0 Å². The fourth-order valence-corrected chi connectivity index (χ4v) is 3.09. The van der Waals surface area contributed by atoms with Crippen molar-refractivity contribution in [2.24, 2.45) is 5.14 Å². The molecule has 3 N–H and O–H groups in total. The average Bonchev–Trinajstić information content (AvgIpc) is 3.22. The van der Waals surface area contributed by atoms with Crippen LogP contribution in [0.1, 0.15) is 16.1 Å². The van der Waals surface area contributed by atoms with Gasteiger partial charge in [-0.15, -0.1) is 0 Å². The molecule has 0 radical (unpaired) electrons. The highest BCUT2D eigenvalue weighted by Gasteiger charge is 2.30. The molecular formula is C20H15F3N2O6S. The summed E-state index contributed by atoms with van der Waals surface area (Å²) in [7, 11) is -3.88. The van der Waals surface area contributed by atoms with Crippen molar-refractivity contribution < 1.29 is 40.3 Å². The molecule has 0 fully saturated rings. The first-order chi connectivity index (χ1) is 14.9. The number of carbonyl (C=O) groups excluding carboxylic acids is 2. The van der Waals surface area contributed by atoms with E-state index in [0.29, 0.717) is 0 Å². The molecular weight excluding hydrogens is 453 g/mol. The summed E-state index contributed by atoms with van der Waals surface area (Å²) >= 11 is 0. The molecule has 0 aliphatic rings. The first-order valence-corrected chi connectivity index (χ1v) is 10.4. The van der Waals surface area contributed by atoms with E-state index in [2.05, 4.69) is 5.32 Å². The van der Waals surface area contributed by atoms with Crippen molar-refractivity contribution in [3.05, 3.63) is 72.0 Å². The van der Waals surface area contributed by atoms with Gasteiger partial charge in [0.2, 0.25) is 15.8 Å². The molecule has 3 rings (SSSR count). The fourth-order valence-electron chi connectivity index (χ4n) is 2.58. The number of hydrogen-bond acceptors (Lipinski definition) is 6. The van der Waals surface area contributed by atoms with Gasteiger partial charge in [0.05, 0.1) is 10.5 Å². The number of nitrogens with two attached hydrogens (primary N) is 1. The Morgan fingerprint density at radius 1 is 1.03 bits per heavy atom. The van der Waals surface area contributed by atoms with Crippen LogP contribution in [0.15, 0.2) is 70.0 Å². The van der Waals surface area contributed by atoms with Crippen LogP contribution in [0.5, 0.6) is 0 Å². The van der Waals surface area contributed by atoms with Gasteiger partial charge in [-0.3, -0.25) is 4.79 Å². The summed E-state index contributed by atoms with van der Waals surface area (Å²) in [6, 6.07) is 11.9. The zero-order valence-corrected chi connectivity index (χ0v) is 16.9. The van der Waals surface area contributed by atoms with Gasteiger partial charge in [0, 0.05) is 11.3 Å². The number of alkyl halides is 3. The summed E-state index contributed by atoms with van der Waals surface area (Å²) in [6.45, 7) is -0.685. The fraction of sp³-hybridized carbons (Fsp3) is 0.100. The van der Waals surface area contributed by atoms with Gasteiger partial charge in [0.25, 0.3) is 5.91 Å². The highest BCUT2D eigenvalue weighted by molar-refractivity contribution is 7.89. The van der Waals surface area contributed by atoms with Crippen LogP contribution in [0.25, 0.3) is 11.3 Å². The van der Waals surface area contributed by atoms with Crippen molar-refractivity contribution in [1.82, 2.24) is 0 Å². The number of anilines is 1. The molecule has 0 aliphatic heterocycles. The molecule has 8 nitrogen and oxygen atoms in total. The molecule has 1 heterocycles. The summed E-state index contributed by atoms with van der Waals surface area (Å²) in [5.74, 6) is -2.00. The normalized spacial score (nSPS) is 11.8. The first kappa shape index (κ1) is 23.0. The average molecular weight is 468 g/mol. The van der Waals surface area contributed by atoms with E-state index in [4.69, 9.17) is 14.3 Å². The van der Waals surface area contributed by atoms with Crippen LogP contribution in [0.3, 0.4) is 0 Å². The Hall–Kier alpha value is -3.64. The lowest BCUT2D eigenvalue weighted by molar-refractivity contribution is -0.137. The molecule has 2 aromatic carbocycles. The van der Waals surface area contributed by atoms with Crippen LogP contribution in [-0.2, 0) is 25.7 Å². The molecule has 0 bridgehead atoms. The zero-order chi connectivity index (χ0) is 23.5. The van der Waals surface area contributed by atoms with Crippen LogP contribution in [-0.4, -0.2) is 26.9 Å². The first-order valence-electron chi connectivity index (χ1n) is 8.81. The maximum atomic E-state index is 12.8. The maximum Gasteiger partial charge on any atom is 0.416 e. The summed E-state index contributed by atoms with van der Waals surface area (Å²) in [5.41, 5.74) is -0.521. The van der Waals surface area contributed by atoms with Crippen LogP contribution >= 0.6 is 0 Å². The predicted octanol–water partition coefficient (Wildman–Crippen LogP) is 3.41. The maximum absolute atomic E-state index is 12.8. The second-order valence-corrected chi connectivity index (χ2v) is 8.00. The van der Waals surface area contributed by atoms with E-state index in [1.807, 2.05) is 0 Å². The third kappa shape index (κ3) is 5.74. The van der Waals surface area contributed by atoms with E-state index in [0.717, 1.165) is 12.1 Å². The van der Waals surface area contributed by atoms with Crippen molar-refractivity contribution in [3.63, 3.8) is 0 Å². The Morgan fingerprint density at radius 2 is 1.72 bits per heavy atom. The van der Waals surface area contributed by atoms with Crippen molar-refractivity contribution in [3.8, 4) is 11.3 Å². The lowest BCUT2D eigenvalue weighted by atomic mass is 10.1. The largest absolute Gasteiger partial charge is 0.450 e. The van der Waals surface area contributed by atoms with Crippen LogP contribution < -0.4 is 10.5 Å². The number of esters is 1. The predicted molar refractivity (Wildman–Crippen MR) is 106 cm³/mol. The molecule has 0 aliphatic carbocycles. The van der Waals surface area contributed by atoms with Gasteiger partial charge in [-0.1, -0.05) is 12.1 Å². The third-order valence-corrected chi connectivity index (χ3v) is 5.01. The number of nitrogens with one attached hydrogen (secondary N) is 1. The number of hydrogen-bond donors (Lipinski definition) is 2. The molecule has 0 saturated carbocycles. The van der Waals surface area contributed by atoms with Gasteiger partial charge in [-0.25, -0.2) is 18.4 Å². The SMILES string of the molecule is NS(=O)(=O)c1ccc(NC(=O)COC(=O)c2ccc(-c3cccc(C(F)(F)F)c3)o2)cc1. The highest BCUT2D eigenvalue weighted by atomic mass is 32.2. The number of benzene rings is 2. The van der Waals surface area contributed by atoms with Crippen LogP contribution in [0.4, 0.5) is 18.9 Å². The zero-order valence-electron chi connectivity index (χ0n) is 16.0. The molecule has 32 heavy (non-hydrogen) atoms. The minimum absolute atomic E-state index is 0.0162. The second-order valence-electron chi connectivity index (χ2n) is 6.44. The molecule has 0 unspecified atom stereocenters. The van der Waals surface area contributed by atoms with Gasteiger partial charge in [0.1, 0.15) is 5.76 Å². The number of sulfonamides is 1. The van der Waals surface area contributed by atoms with E-state index in [1.165, 1.54) is 48.5 Å². The third-order valence-electron chi connectivity index (χ3n) is 4.08. The number of halogens is 3. The Morgan fingerprint density at radius 3 is 2.34 bits per heavy atom. The second kappa shape index (κ2) is 8.85. The number of rotatable bonds is 6. The number of ether oxygens (including phenoxy) is 1. The Kier molecular flexibility index (Phi) is 6.37. The monoisotopic (exact) mass is 468 g/mol. The van der Waals surface area contributed by atoms with Crippen LogP contribution in [0, 0.1) is 0 Å². The molecule has 0 atom stereocenters. The minimum Gasteiger partial charge on any atom is -0.450 e. The number of amides is 1. The number of furan rings is 1. The van der Waals surface area contributed by atoms with E-state index >= 15 is 0 Å². The van der Waals surface area contributed by atoms with Gasteiger partial charge in [-0.2, -0.15) is 13.2 Å². The van der Waals surface area contributed by atoms with Gasteiger partial charge in [0.15, 0.2) is 6.61 Å². The molecule has 0 saturated heterocycles. The lowest BCUT2D eigenvalue weighted by Gasteiger charge is -2.07. The van der Waals surface area contributed by atoms with Gasteiger partial charge < -0.3 is 14.5 Å². The van der Waals surface area contributed by atoms with E-state index in [1.54, 1.807) is 0 Å². The lowest BCUT2D eigenvalue weighted by Crippen LogP contribution is -2.20. The Bertz CT molecular complexity index is 1250. The summed E-state index contributed by atoms with van der Waals surface area (Å²) < 4.78 is 71.0. The molecule has 0 spiro atoms. The Balaban J connectivity index is 1.59. The van der Waals surface area contributed by atoms with Crippen molar-refractivity contribution in [2.75, 3.05) is 11.9 Å². The molecule has 12 heteroatoms. The summed E-state index contributed by atoms with van der Waals surface area (Å²) in [4.78, 5) is 23.8. The van der Waals surface area contributed by atoms with E-state index in [-0.39, 0.29) is 27.7 Å². The quantitative estimate of drug-likeness (QED) is 0.534. The highest BCUT2D eigenvalue weighted by Crippen LogP contribution is 2.32. The molecule has 168 valence electrons. The number of primary sulfonamides is 1.